The van der Waals surface area contributed by atoms with Gasteiger partial charge in [-0.2, -0.15) is 5.10 Å². The summed E-state index contributed by atoms with van der Waals surface area (Å²) >= 11 is 6.13. The number of likely N-dealkylation sites (tertiary alicyclic amines) is 1. The molecule has 2 amide bonds. The van der Waals surface area contributed by atoms with E-state index in [9.17, 15) is 14.0 Å². The van der Waals surface area contributed by atoms with Crippen molar-refractivity contribution in [2.24, 2.45) is 5.92 Å². The third-order valence-corrected chi connectivity index (χ3v) is 7.91. The van der Waals surface area contributed by atoms with Crippen LogP contribution in [-0.2, 0) is 4.79 Å². The molecular weight excluding hydrogens is 521 g/mol. The number of benzene rings is 2. The predicted molar refractivity (Wildman–Crippen MR) is 146 cm³/mol. The fraction of sp³-hybridized carbons (Fsp3) is 0.379. The maximum absolute atomic E-state index is 13.7. The van der Waals surface area contributed by atoms with Crippen LogP contribution in [0.5, 0.6) is 5.75 Å². The van der Waals surface area contributed by atoms with Crippen molar-refractivity contribution in [3.8, 4) is 5.75 Å². The third kappa shape index (κ3) is 6.14. The lowest BCUT2D eigenvalue weighted by Crippen LogP contribution is -2.45. The van der Waals surface area contributed by atoms with Crippen molar-refractivity contribution in [2.45, 2.75) is 31.7 Å². The summed E-state index contributed by atoms with van der Waals surface area (Å²) in [6, 6.07) is 16.4. The fourth-order valence-corrected chi connectivity index (χ4v) is 5.51. The fourth-order valence-electron chi connectivity index (χ4n) is 5.38. The second-order valence-electron chi connectivity index (χ2n) is 10.2. The highest BCUT2D eigenvalue weighted by Gasteiger charge is 2.42. The van der Waals surface area contributed by atoms with E-state index in [0.29, 0.717) is 18.1 Å². The Hall–Kier alpha value is -3.72. The topological polar surface area (TPSA) is 78.9 Å². The smallest absolute Gasteiger partial charge is 0.410 e. The number of hydrogen-bond donors (Lipinski definition) is 0. The Bertz CT molecular complexity index is 1300. The quantitative estimate of drug-likeness (QED) is 0.448. The molecule has 2 fully saturated rings. The van der Waals surface area contributed by atoms with Crippen LogP contribution in [0.25, 0.3) is 0 Å². The van der Waals surface area contributed by atoms with Gasteiger partial charge in [-0.3, -0.25) is 4.79 Å². The molecule has 10 heteroatoms. The van der Waals surface area contributed by atoms with Crippen LogP contribution in [0.1, 0.15) is 30.0 Å². The zero-order chi connectivity index (χ0) is 27.5. The molecule has 0 saturated carbocycles. The summed E-state index contributed by atoms with van der Waals surface area (Å²) in [6.45, 7) is 4.25. The summed E-state index contributed by atoms with van der Waals surface area (Å²) in [5.41, 5.74) is 1.86. The SMILES string of the molecule is Cc1ccc(N2CCC(C(=O)N3C[C@@H](N(C)C(=O)Oc4ccc(F)cc4)[C@H](c4ccc(Cl)cc4)C3)CC2)nn1. The molecule has 204 valence electrons. The maximum atomic E-state index is 13.7. The molecule has 0 spiro atoms. The van der Waals surface area contributed by atoms with E-state index in [1.807, 2.05) is 48.2 Å². The maximum Gasteiger partial charge on any atom is 0.415 e. The number of rotatable bonds is 5. The molecule has 2 saturated heterocycles. The van der Waals surface area contributed by atoms with Gasteiger partial charge in [0.15, 0.2) is 5.82 Å². The van der Waals surface area contributed by atoms with Crippen LogP contribution in [0.2, 0.25) is 5.02 Å². The van der Waals surface area contributed by atoms with Crippen LogP contribution >= 0.6 is 11.6 Å². The summed E-state index contributed by atoms with van der Waals surface area (Å²) in [5, 5.41) is 9.05. The van der Waals surface area contributed by atoms with Crippen molar-refractivity contribution < 1.29 is 18.7 Å². The van der Waals surface area contributed by atoms with E-state index in [1.54, 1.807) is 7.05 Å². The van der Waals surface area contributed by atoms with Gasteiger partial charge in [-0.25, -0.2) is 9.18 Å². The Balaban J connectivity index is 1.28. The monoisotopic (exact) mass is 551 g/mol. The summed E-state index contributed by atoms with van der Waals surface area (Å²) < 4.78 is 18.8. The minimum Gasteiger partial charge on any atom is -0.410 e. The van der Waals surface area contributed by atoms with Crippen LogP contribution in [0, 0.1) is 18.7 Å². The standard InChI is InChI=1S/C29H31ClFN5O3/c1-19-3-12-27(33-32-19)35-15-13-21(14-16-35)28(37)36-17-25(20-4-6-22(30)7-5-20)26(18-36)34(2)29(38)39-24-10-8-23(31)9-11-24/h3-12,21,25-26H,13-18H2,1-2H3/t25-,26+/m0/s1. The third-order valence-electron chi connectivity index (χ3n) is 7.66. The van der Waals surface area contributed by atoms with Gasteiger partial charge >= 0.3 is 6.09 Å². The molecule has 2 aliphatic heterocycles. The van der Waals surface area contributed by atoms with Crippen molar-refractivity contribution >= 4 is 29.4 Å². The normalized spacial score (nSPS) is 19.7. The second kappa shape index (κ2) is 11.6. The van der Waals surface area contributed by atoms with E-state index in [4.69, 9.17) is 16.3 Å². The lowest BCUT2D eigenvalue weighted by atomic mass is 9.93. The first-order chi connectivity index (χ1) is 18.8. The number of aryl methyl sites for hydroxylation is 1. The largest absolute Gasteiger partial charge is 0.415 e. The highest BCUT2D eigenvalue weighted by molar-refractivity contribution is 6.30. The number of amides is 2. The first-order valence-corrected chi connectivity index (χ1v) is 13.5. The lowest BCUT2D eigenvalue weighted by Gasteiger charge is -2.33. The summed E-state index contributed by atoms with van der Waals surface area (Å²) in [7, 11) is 1.68. The van der Waals surface area contributed by atoms with Gasteiger partial charge in [-0.15, -0.1) is 5.10 Å². The predicted octanol–water partition coefficient (Wildman–Crippen LogP) is 4.92. The van der Waals surface area contributed by atoms with Gasteiger partial charge in [0.2, 0.25) is 5.91 Å². The first kappa shape index (κ1) is 26.9. The number of likely N-dealkylation sites (N-methyl/N-ethyl adjacent to an activating group) is 1. The number of anilines is 1. The molecule has 1 aromatic heterocycles. The molecular formula is C29H31ClFN5O3. The zero-order valence-corrected chi connectivity index (χ0v) is 22.7. The first-order valence-electron chi connectivity index (χ1n) is 13.1. The molecule has 2 aromatic carbocycles. The molecule has 2 atom stereocenters. The van der Waals surface area contributed by atoms with E-state index in [2.05, 4.69) is 15.1 Å². The Labute approximate surface area is 232 Å². The highest BCUT2D eigenvalue weighted by Crippen LogP contribution is 2.34. The number of ether oxygens (including phenoxy) is 1. The number of carbonyl (C=O) groups is 2. The molecule has 0 aliphatic carbocycles. The Morgan fingerprint density at radius 2 is 1.67 bits per heavy atom. The molecule has 0 bridgehead atoms. The number of piperidine rings is 1. The van der Waals surface area contributed by atoms with Gasteiger partial charge in [-0.1, -0.05) is 23.7 Å². The number of hydrogen-bond acceptors (Lipinski definition) is 6. The molecule has 0 N–H and O–H groups in total. The number of halogens is 2. The molecule has 3 heterocycles. The van der Waals surface area contributed by atoms with Gasteiger partial charge in [0.05, 0.1) is 11.7 Å². The van der Waals surface area contributed by atoms with Crippen LogP contribution in [0.15, 0.2) is 60.7 Å². The second-order valence-corrected chi connectivity index (χ2v) is 10.6. The molecule has 2 aliphatic rings. The average molecular weight is 552 g/mol. The molecule has 8 nitrogen and oxygen atoms in total. The van der Waals surface area contributed by atoms with Crippen molar-refractivity contribution in [2.75, 3.05) is 38.1 Å². The average Bonchev–Trinajstić information content (AvgIpc) is 3.40. The van der Waals surface area contributed by atoms with Crippen molar-refractivity contribution in [3.63, 3.8) is 0 Å². The molecule has 5 rings (SSSR count). The Kier molecular flexibility index (Phi) is 7.97. The molecule has 0 radical (unpaired) electrons. The summed E-state index contributed by atoms with van der Waals surface area (Å²) in [4.78, 5) is 32.3. The zero-order valence-electron chi connectivity index (χ0n) is 22.0. The lowest BCUT2D eigenvalue weighted by molar-refractivity contribution is -0.135. The van der Waals surface area contributed by atoms with Gasteiger partial charge in [0.25, 0.3) is 0 Å². The van der Waals surface area contributed by atoms with Crippen LogP contribution in [0.3, 0.4) is 0 Å². The minimum absolute atomic E-state index is 0.0965. The molecule has 39 heavy (non-hydrogen) atoms. The number of carbonyl (C=O) groups excluding carboxylic acids is 2. The Morgan fingerprint density at radius 1 is 0.974 bits per heavy atom. The van der Waals surface area contributed by atoms with Gasteiger partial charge in [-0.05, 0) is 73.9 Å². The summed E-state index contributed by atoms with van der Waals surface area (Å²) in [6.07, 6.45) is 0.889. The van der Waals surface area contributed by atoms with Gasteiger partial charge in [0, 0.05) is 50.1 Å². The molecule has 3 aromatic rings. The molecule has 0 unspecified atom stereocenters. The number of aromatic nitrogens is 2. The van der Waals surface area contributed by atoms with Gasteiger partial charge in [0.1, 0.15) is 11.6 Å². The van der Waals surface area contributed by atoms with E-state index in [-0.39, 0.29) is 29.5 Å². The van der Waals surface area contributed by atoms with E-state index >= 15 is 0 Å². The number of nitrogens with zero attached hydrogens (tertiary/aromatic N) is 5. The van der Waals surface area contributed by atoms with Crippen LogP contribution < -0.4 is 9.64 Å². The van der Waals surface area contributed by atoms with E-state index in [0.717, 1.165) is 43.0 Å². The minimum atomic E-state index is -0.563. The van der Waals surface area contributed by atoms with Crippen molar-refractivity contribution in [3.05, 3.63) is 82.8 Å². The highest BCUT2D eigenvalue weighted by atomic mass is 35.5. The van der Waals surface area contributed by atoms with Crippen molar-refractivity contribution in [1.29, 1.82) is 0 Å². The van der Waals surface area contributed by atoms with E-state index in [1.165, 1.54) is 29.2 Å². The van der Waals surface area contributed by atoms with Gasteiger partial charge < -0.3 is 19.4 Å². The van der Waals surface area contributed by atoms with Crippen LogP contribution in [0.4, 0.5) is 15.0 Å². The van der Waals surface area contributed by atoms with Crippen LogP contribution in [-0.4, -0.2) is 71.3 Å². The van der Waals surface area contributed by atoms with E-state index < -0.39 is 11.9 Å². The Morgan fingerprint density at radius 3 is 2.31 bits per heavy atom. The summed E-state index contributed by atoms with van der Waals surface area (Å²) in [5.74, 6) is 0.574. The van der Waals surface area contributed by atoms with Crippen molar-refractivity contribution in [1.82, 2.24) is 20.0 Å².